The topological polar surface area (TPSA) is 41.1 Å². The third-order valence-corrected chi connectivity index (χ3v) is 4.07. The first kappa shape index (κ1) is 13.5. The van der Waals surface area contributed by atoms with Crippen LogP contribution < -0.4 is 10.6 Å². The summed E-state index contributed by atoms with van der Waals surface area (Å²) in [6.45, 7) is 0.706. The number of amides is 1. The summed E-state index contributed by atoms with van der Waals surface area (Å²) in [5.74, 6) is -0.117. The van der Waals surface area contributed by atoms with Crippen molar-refractivity contribution in [1.29, 1.82) is 0 Å². The SMILES string of the molecule is O=C(NCCC1=CCCCC1)C(=S)NC1CCC1. The lowest BCUT2D eigenvalue weighted by Gasteiger charge is -2.27. The van der Waals surface area contributed by atoms with Gasteiger partial charge in [-0.1, -0.05) is 23.9 Å². The van der Waals surface area contributed by atoms with E-state index in [4.69, 9.17) is 12.2 Å². The Hall–Kier alpha value is -0.900. The maximum absolute atomic E-state index is 11.7. The number of hydrogen-bond acceptors (Lipinski definition) is 2. The molecule has 0 aromatic carbocycles. The summed E-state index contributed by atoms with van der Waals surface area (Å²) < 4.78 is 0. The van der Waals surface area contributed by atoms with Gasteiger partial charge in [0.2, 0.25) is 0 Å². The number of carbonyl (C=O) groups excluding carboxylic acids is 1. The molecule has 0 saturated heterocycles. The van der Waals surface area contributed by atoms with Gasteiger partial charge in [-0.15, -0.1) is 0 Å². The quantitative estimate of drug-likeness (QED) is 0.606. The number of thiocarbonyl (C=S) groups is 1. The van der Waals surface area contributed by atoms with Crippen molar-refractivity contribution in [2.45, 2.75) is 57.4 Å². The average molecular weight is 266 g/mol. The van der Waals surface area contributed by atoms with Crippen LogP contribution in [0.1, 0.15) is 51.4 Å². The molecule has 2 aliphatic carbocycles. The monoisotopic (exact) mass is 266 g/mol. The molecule has 0 atom stereocenters. The molecule has 0 aliphatic heterocycles. The lowest BCUT2D eigenvalue weighted by molar-refractivity contribution is -0.114. The number of allylic oxidation sites excluding steroid dienone is 1. The van der Waals surface area contributed by atoms with E-state index in [2.05, 4.69) is 16.7 Å². The first-order valence-electron chi connectivity index (χ1n) is 7.02. The van der Waals surface area contributed by atoms with Crippen LogP contribution in [0.25, 0.3) is 0 Å². The minimum absolute atomic E-state index is 0.117. The summed E-state index contributed by atoms with van der Waals surface area (Å²) in [4.78, 5) is 12.1. The first-order valence-corrected chi connectivity index (χ1v) is 7.43. The van der Waals surface area contributed by atoms with E-state index in [-0.39, 0.29) is 5.91 Å². The van der Waals surface area contributed by atoms with Gasteiger partial charge in [-0.2, -0.15) is 0 Å². The van der Waals surface area contributed by atoms with Gasteiger partial charge in [0, 0.05) is 12.6 Å². The Kier molecular flexibility index (Phi) is 5.17. The third-order valence-electron chi connectivity index (χ3n) is 3.76. The van der Waals surface area contributed by atoms with E-state index in [1.54, 1.807) is 0 Å². The Balaban J connectivity index is 1.61. The number of hydrogen-bond donors (Lipinski definition) is 2. The largest absolute Gasteiger partial charge is 0.369 e. The zero-order valence-electron chi connectivity index (χ0n) is 10.8. The van der Waals surface area contributed by atoms with Crippen LogP contribution in [0.15, 0.2) is 11.6 Å². The first-order chi connectivity index (χ1) is 8.75. The number of carbonyl (C=O) groups is 1. The van der Waals surface area contributed by atoms with E-state index in [1.807, 2.05) is 0 Å². The lowest BCUT2D eigenvalue weighted by atomic mass is 9.93. The van der Waals surface area contributed by atoms with Crippen molar-refractivity contribution in [3.8, 4) is 0 Å². The molecule has 4 heteroatoms. The molecule has 1 fully saturated rings. The van der Waals surface area contributed by atoms with Gasteiger partial charge >= 0.3 is 0 Å². The Morgan fingerprint density at radius 2 is 2.17 bits per heavy atom. The smallest absolute Gasteiger partial charge is 0.278 e. The Morgan fingerprint density at radius 1 is 1.33 bits per heavy atom. The molecule has 18 heavy (non-hydrogen) atoms. The highest BCUT2D eigenvalue weighted by Gasteiger charge is 2.20. The second-order valence-corrected chi connectivity index (χ2v) is 5.62. The fourth-order valence-corrected chi connectivity index (χ4v) is 2.59. The van der Waals surface area contributed by atoms with Crippen molar-refractivity contribution in [2.24, 2.45) is 0 Å². The summed E-state index contributed by atoms with van der Waals surface area (Å²) in [5.41, 5.74) is 1.49. The molecule has 2 rings (SSSR count). The van der Waals surface area contributed by atoms with Crippen molar-refractivity contribution in [1.82, 2.24) is 10.6 Å². The van der Waals surface area contributed by atoms with Crippen molar-refractivity contribution < 1.29 is 4.79 Å². The molecule has 0 radical (unpaired) electrons. The van der Waals surface area contributed by atoms with E-state index >= 15 is 0 Å². The van der Waals surface area contributed by atoms with Gasteiger partial charge in [-0.3, -0.25) is 4.79 Å². The molecule has 0 bridgehead atoms. The van der Waals surface area contributed by atoms with Crippen LogP contribution in [-0.2, 0) is 4.79 Å². The van der Waals surface area contributed by atoms with Gasteiger partial charge in [0.05, 0.1) is 0 Å². The van der Waals surface area contributed by atoms with Crippen molar-refractivity contribution in [2.75, 3.05) is 6.54 Å². The van der Waals surface area contributed by atoms with Crippen molar-refractivity contribution in [3.63, 3.8) is 0 Å². The van der Waals surface area contributed by atoms with E-state index in [1.165, 1.54) is 37.7 Å². The Bertz CT molecular complexity index is 348. The fraction of sp³-hybridized carbons (Fsp3) is 0.714. The molecule has 0 aromatic heterocycles. The van der Waals surface area contributed by atoms with Crippen LogP contribution in [0.4, 0.5) is 0 Å². The Morgan fingerprint density at radius 3 is 2.78 bits per heavy atom. The van der Waals surface area contributed by atoms with Crippen LogP contribution in [0.2, 0.25) is 0 Å². The second kappa shape index (κ2) is 6.88. The minimum atomic E-state index is -0.117. The molecule has 2 aliphatic rings. The molecule has 2 N–H and O–H groups in total. The van der Waals surface area contributed by atoms with Crippen LogP contribution >= 0.6 is 12.2 Å². The predicted molar refractivity (Wildman–Crippen MR) is 77.6 cm³/mol. The summed E-state index contributed by atoms with van der Waals surface area (Å²) in [6, 6.07) is 0.435. The molecule has 3 nitrogen and oxygen atoms in total. The lowest BCUT2D eigenvalue weighted by Crippen LogP contribution is -2.46. The third kappa shape index (κ3) is 4.09. The van der Waals surface area contributed by atoms with Gasteiger partial charge in [-0.25, -0.2) is 0 Å². The molecule has 0 unspecified atom stereocenters. The zero-order chi connectivity index (χ0) is 12.8. The summed E-state index contributed by atoms with van der Waals surface area (Å²) in [5, 5.41) is 6.01. The van der Waals surface area contributed by atoms with E-state index < -0.39 is 0 Å². The minimum Gasteiger partial charge on any atom is -0.369 e. The van der Waals surface area contributed by atoms with E-state index in [0.717, 1.165) is 19.3 Å². The molecule has 1 amide bonds. The summed E-state index contributed by atoms with van der Waals surface area (Å²) in [7, 11) is 0. The van der Waals surface area contributed by atoms with Crippen LogP contribution in [0, 0.1) is 0 Å². The van der Waals surface area contributed by atoms with Gasteiger partial charge < -0.3 is 10.6 Å². The summed E-state index contributed by atoms with van der Waals surface area (Å²) >= 11 is 5.09. The highest BCUT2D eigenvalue weighted by molar-refractivity contribution is 7.82. The second-order valence-electron chi connectivity index (χ2n) is 5.22. The number of rotatable bonds is 4. The molecular formula is C14H22N2OS. The molecule has 100 valence electrons. The standard InChI is InChI=1S/C14H22N2OS/c17-13(14(18)16-12-7-4-8-12)15-10-9-11-5-2-1-3-6-11/h5,12H,1-4,6-10H2,(H,15,17)(H,16,18). The highest BCUT2D eigenvalue weighted by Crippen LogP contribution is 2.19. The van der Waals surface area contributed by atoms with Gasteiger partial charge in [0.1, 0.15) is 0 Å². The molecule has 1 saturated carbocycles. The van der Waals surface area contributed by atoms with Crippen LogP contribution in [-0.4, -0.2) is 23.5 Å². The molecule has 0 heterocycles. The summed E-state index contributed by atoms with van der Waals surface area (Å²) in [6.07, 6.45) is 11.8. The maximum atomic E-state index is 11.7. The van der Waals surface area contributed by atoms with Gasteiger partial charge in [0.25, 0.3) is 5.91 Å². The number of nitrogens with one attached hydrogen (secondary N) is 2. The maximum Gasteiger partial charge on any atom is 0.278 e. The molecular weight excluding hydrogens is 244 g/mol. The van der Waals surface area contributed by atoms with Crippen LogP contribution in [0.3, 0.4) is 0 Å². The molecule has 0 spiro atoms. The van der Waals surface area contributed by atoms with E-state index in [0.29, 0.717) is 17.6 Å². The van der Waals surface area contributed by atoms with Gasteiger partial charge in [0.15, 0.2) is 4.99 Å². The van der Waals surface area contributed by atoms with Crippen molar-refractivity contribution >= 4 is 23.1 Å². The highest BCUT2D eigenvalue weighted by atomic mass is 32.1. The fourth-order valence-electron chi connectivity index (χ4n) is 2.35. The normalized spacial score (nSPS) is 19.7. The zero-order valence-corrected chi connectivity index (χ0v) is 11.7. The van der Waals surface area contributed by atoms with Crippen molar-refractivity contribution in [3.05, 3.63) is 11.6 Å². The predicted octanol–water partition coefficient (Wildman–Crippen LogP) is 2.46. The van der Waals surface area contributed by atoms with Gasteiger partial charge in [-0.05, 0) is 51.4 Å². The Labute approximate surface area is 114 Å². The molecule has 0 aromatic rings. The van der Waals surface area contributed by atoms with Crippen LogP contribution in [0.5, 0.6) is 0 Å². The van der Waals surface area contributed by atoms with E-state index in [9.17, 15) is 4.79 Å². The average Bonchev–Trinajstić information content (AvgIpc) is 2.34.